The maximum atomic E-state index is 11.6. The molecule has 0 amide bonds. The first-order valence-electron chi connectivity index (χ1n) is 18.6. The lowest BCUT2D eigenvalue weighted by atomic mass is 9.99. The van der Waals surface area contributed by atoms with Gasteiger partial charge in [-0.05, 0) is 83.6 Å². The van der Waals surface area contributed by atoms with Crippen molar-refractivity contribution in [1.29, 1.82) is 0 Å². The highest BCUT2D eigenvalue weighted by molar-refractivity contribution is 5.90. The Morgan fingerprint density at radius 1 is 0.659 bits per heavy atom. The second kappa shape index (κ2) is 21.7. The van der Waals surface area contributed by atoms with Gasteiger partial charge in [0.1, 0.15) is 6.10 Å². The molecule has 0 aromatic heterocycles. The first kappa shape index (κ1) is 37.5. The standard InChI is InChI=1S/C37H66O7/c1-3-4-5-15-19-30(38)20-17-22-32(40)34-24-26-36(44-34)35-25-23-33(43-35)31(39)21-16-13-11-9-7-6-8-10-12-14-18-29-27-28(2)42-37(29)41/h27-28,30-36,38-40H,3-26H2,1-2H3/t28?,30?,31-,32+,33+,34+,35+,36+/m0/s1. The minimum absolute atomic E-state index is 0.0170. The highest BCUT2D eigenvalue weighted by atomic mass is 16.6. The topological polar surface area (TPSA) is 105 Å². The summed E-state index contributed by atoms with van der Waals surface area (Å²) in [6, 6.07) is 0. The Morgan fingerprint density at radius 2 is 1.14 bits per heavy atom. The van der Waals surface area contributed by atoms with Crippen LogP contribution in [-0.4, -0.2) is 70.1 Å². The number of carbonyl (C=O) groups is 1. The number of hydrogen-bond acceptors (Lipinski definition) is 7. The van der Waals surface area contributed by atoms with Crippen LogP contribution in [0.15, 0.2) is 11.6 Å². The van der Waals surface area contributed by atoms with Crippen molar-refractivity contribution in [3.05, 3.63) is 11.6 Å². The molecule has 3 aliphatic rings. The number of cyclic esters (lactones) is 1. The van der Waals surface area contributed by atoms with Crippen molar-refractivity contribution in [2.24, 2.45) is 0 Å². The monoisotopic (exact) mass is 622 g/mol. The van der Waals surface area contributed by atoms with Gasteiger partial charge in [0.15, 0.2) is 0 Å². The maximum absolute atomic E-state index is 11.6. The lowest BCUT2D eigenvalue weighted by Crippen LogP contribution is -2.33. The molecule has 7 heteroatoms. The zero-order chi connectivity index (χ0) is 31.6. The van der Waals surface area contributed by atoms with Crippen LogP contribution in [0.3, 0.4) is 0 Å². The fraction of sp³-hybridized carbons (Fsp3) is 0.919. The molecular weight excluding hydrogens is 556 g/mol. The summed E-state index contributed by atoms with van der Waals surface area (Å²) < 4.78 is 17.7. The third kappa shape index (κ3) is 14.2. The molecule has 2 unspecified atom stereocenters. The maximum Gasteiger partial charge on any atom is 0.334 e. The number of unbranched alkanes of at least 4 members (excludes halogenated alkanes) is 12. The minimum Gasteiger partial charge on any atom is -0.455 e. The number of aliphatic hydroxyl groups excluding tert-OH is 3. The summed E-state index contributed by atoms with van der Waals surface area (Å²) >= 11 is 0. The minimum atomic E-state index is -0.479. The zero-order valence-corrected chi connectivity index (χ0v) is 28.1. The molecule has 2 fully saturated rings. The van der Waals surface area contributed by atoms with Gasteiger partial charge >= 0.3 is 5.97 Å². The van der Waals surface area contributed by atoms with Crippen molar-refractivity contribution in [3.63, 3.8) is 0 Å². The Balaban J connectivity index is 1.13. The van der Waals surface area contributed by atoms with Gasteiger partial charge < -0.3 is 29.5 Å². The molecule has 8 atom stereocenters. The summed E-state index contributed by atoms with van der Waals surface area (Å²) in [6.07, 6.45) is 25.7. The highest BCUT2D eigenvalue weighted by Gasteiger charge is 2.40. The molecule has 3 rings (SSSR count). The Bertz CT molecular complexity index is 801. The van der Waals surface area contributed by atoms with E-state index in [1.165, 1.54) is 64.2 Å². The molecule has 0 aromatic rings. The third-order valence-electron chi connectivity index (χ3n) is 10.1. The van der Waals surface area contributed by atoms with E-state index in [1.807, 2.05) is 13.0 Å². The number of rotatable bonds is 25. The van der Waals surface area contributed by atoms with E-state index in [2.05, 4.69) is 6.92 Å². The normalized spacial score (nSPS) is 27.4. The lowest BCUT2D eigenvalue weighted by molar-refractivity contribution is -0.139. The second-order valence-electron chi connectivity index (χ2n) is 14.0. The summed E-state index contributed by atoms with van der Waals surface area (Å²) in [5, 5.41) is 31.6. The average molecular weight is 623 g/mol. The van der Waals surface area contributed by atoms with Crippen LogP contribution in [0.4, 0.5) is 0 Å². The molecule has 44 heavy (non-hydrogen) atoms. The van der Waals surface area contributed by atoms with Gasteiger partial charge in [0.25, 0.3) is 0 Å². The van der Waals surface area contributed by atoms with Crippen LogP contribution >= 0.6 is 0 Å². The van der Waals surface area contributed by atoms with Crippen LogP contribution in [0.1, 0.15) is 168 Å². The molecule has 0 aliphatic carbocycles. The van der Waals surface area contributed by atoms with Crippen molar-refractivity contribution in [3.8, 4) is 0 Å². The highest BCUT2D eigenvalue weighted by Crippen LogP contribution is 2.34. The Morgan fingerprint density at radius 3 is 1.68 bits per heavy atom. The van der Waals surface area contributed by atoms with Gasteiger partial charge in [0, 0.05) is 5.57 Å². The van der Waals surface area contributed by atoms with E-state index in [0.717, 1.165) is 89.0 Å². The van der Waals surface area contributed by atoms with E-state index in [9.17, 15) is 20.1 Å². The SMILES string of the molecule is CCCCCCC(O)CCC[C@@H](O)[C@H]1CC[C@H]([C@H]2CC[C@H]([C@@H](O)CCCCCCCCCCCCC3=CC(C)OC3=O)O2)O1. The molecule has 0 saturated carbocycles. The lowest BCUT2D eigenvalue weighted by Gasteiger charge is -2.24. The van der Waals surface area contributed by atoms with Crippen LogP contribution in [0, 0.1) is 0 Å². The van der Waals surface area contributed by atoms with Gasteiger partial charge in [-0.15, -0.1) is 0 Å². The fourth-order valence-corrected chi connectivity index (χ4v) is 7.28. The predicted octanol–water partition coefficient (Wildman–Crippen LogP) is 7.86. The number of carbonyl (C=O) groups excluding carboxylic acids is 1. The molecular formula is C37H66O7. The van der Waals surface area contributed by atoms with Gasteiger partial charge in [0.2, 0.25) is 0 Å². The molecule has 3 heterocycles. The van der Waals surface area contributed by atoms with Gasteiger partial charge in [0.05, 0.1) is 42.7 Å². The summed E-state index contributed by atoms with van der Waals surface area (Å²) in [5.41, 5.74) is 0.863. The molecule has 0 bridgehead atoms. The molecule has 2 saturated heterocycles. The summed E-state index contributed by atoms with van der Waals surface area (Å²) in [5.74, 6) is -0.123. The fourth-order valence-electron chi connectivity index (χ4n) is 7.28. The number of aliphatic hydroxyl groups is 3. The predicted molar refractivity (Wildman–Crippen MR) is 175 cm³/mol. The van der Waals surface area contributed by atoms with E-state index >= 15 is 0 Å². The van der Waals surface area contributed by atoms with E-state index in [1.54, 1.807) is 0 Å². The zero-order valence-electron chi connectivity index (χ0n) is 28.1. The second-order valence-corrected chi connectivity index (χ2v) is 14.0. The average Bonchev–Trinajstić information content (AvgIpc) is 3.76. The molecule has 0 spiro atoms. The van der Waals surface area contributed by atoms with E-state index in [0.29, 0.717) is 6.42 Å². The van der Waals surface area contributed by atoms with Gasteiger partial charge in [-0.25, -0.2) is 4.79 Å². The van der Waals surface area contributed by atoms with Gasteiger partial charge in [-0.2, -0.15) is 0 Å². The van der Waals surface area contributed by atoms with Crippen LogP contribution in [0.2, 0.25) is 0 Å². The Labute approximate surface area is 268 Å². The smallest absolute Gasteiger partial charge is 0.334 e. The largest absolute Gasteiger partial charge is 0.455 e. The number of hydrogen-bond donors (Lipinski definition) is 3. The van der Waals surface area contributed by atoms with Crippen molar-refractivity contribution in [2.45, 2.75) is 217 Å². The van der Waals surface area contributed by atoms with Crippen LogP contribution in [0.5, 0.6) is 0 Å². The van der Waals surface area contributed by atoms with Gasteiger partial charge in [-0.3, -0.25) is 0 Å². The van der Waals surface area contributed by atoms with E-state index in [4.69, 9.17) is 14.2 Å². The van der Waals surface area contributed by atoms with Crippen LogP contribution < -0.4 is 0 Å². The van der Waals surface area contributed by atoms with E-state index < -0.39 is 12.2 Å². The van der Waals surface area contributed by atoms with Crippen molar-refractivity contribution < 1.29 is 34.3 Å². The third-order valence-corrected chi connectivity index (χ3v) is 10.1. The van der Waals surface area contributed by atoms with Crippen molar-refractivity contribution >= 4 is 5.97 Å². The van der Waals surface area contributed by atoms with Crippen LogP contribution in [0.25, 0.3) is 0 Å². The molecule has 3 aliphatic heterocycles. The quantitative estimate of drug-likeness (QED) is 0.0703. The van der Waals surface area contributed by atoms with Gasteiger partial charge in [-0.1, -0.05) is 90.4 Å². The Kier molecular flexibility index (Phi) is 18.5. The van der Waals surface area contributed by atoms with Crippen LogP contribution in [-0.2, 0) is 19.0 Å². The number of ether oxygens (including phenoxy) is 3. The summed E-state index contributed by atoms with van der Waals surface area (Å²) in [7, 11) is 0. The first-order valence-corrected chi connectivity index (χ1v) is 18.6. The summed E-state index contributed by atoms with van der Waals surface area (Å²) in [4.78, 5) is 11.6. The molecule has 0 radical (unpaired) electrons. The van der Waals surface area contributed by atoms with Crippen molar-refractivity contribution in [1.82, 2.24) is 0 Å². The first-order chi connectivity index (χ1) is 21.4. The molecule has 3 N–H and O–H groups in total. The molecule has 7 nitrogen and oxygen atoms in total. The molecule has 0 aromatic carbocycles. The summed E-state index contributed by atoms with van der Waals surface area (Å²) in [6.45, 7) is 4.11. The Hall–Kier alpha value is -0.990. The van der Waals surface area contributed by atoms with E-state index in [-0.39, 0.29) is 42.6 Å². The van der Waals surface area contributed by atoms with Crippen molar-refractivity contribution in [2.75, 3.05) is 0 Å². The number of esters is 1. The molecule has 256 valence electrons.